The second kappa shape index (κ2) is 5.58. The molecule has 0 aliphatic heterocycles. The molecule has 2 heteroatoms. The highest BCUT2D eigenvalue weighted by Crippen LogP contribution is 2.26. The molecule has 0 spiro atoms. The Labute approximate surface area is 114 Å². The molecule has 0 amide bonds. The zero-order chi connectivity index (χ0) is 13.8. The first-order valence-electron chi connectivity index (χ1n) is 6.30. The number of hydrogen-bond acceptors (Lipinski definition) is 2. The third kappa shape index (κ3) is 2.95. The Bertz CT molecular complexity index is 638. The highest BCUT2D eigenvalue weighted by atomic mass is 16.5. The van der Waals surface area contributed by atoms with Gasteiger partial charge in [0, 0.05) is 0 Å². The summed E-state index contributed by atoms with van der Waals surface area (Å²) in [5.41, 5.74) is 5.22. The van der Waals surface area contributed by atoms with Crippen molar-refractivity contribution in [1.29, 1.82) is 5.26 Å². The van der Waals surface area contributed by atoms with E-state index in [0.717, 1.165) is 16.9 Å². The normalized spacial score (nSPS) is 10.0. The van der Waals surface area contributed by atoms with Gasteiger partial charge in [0.25, 0.3) is 0 Å². The summed E-state index contributed by atoms with van der Waals surface area (Å²) in [5.74, 6) is 0.947. The van der Waals surface area contributed by atoms with E-state index < -0.39 is 0 Å². The van der Waals surface area contributed by atoms with Gasteiger partial charge in [-0.1, -0.05) is 24.3 Å². The van der Waals surface area contributed by atoms with Crippen molar-refractivity contribution in [1.82, 2.24) is 0 Å². The highest BCUT2D eigenvalue weighted by molar-refractivity contribution is 5.44. The maximum Gasteiger partial charge on any atom is 0.125 e. The second-order valence-electron chi connectivity index (χ2n) is 4.75. The van der Waals surface area contributed by atoms with Crippen LogP contribution in [-0.4, -0.2) is 0 Å². The summed E-state index contributed by atoms with van der Waals surface area (Å²) in [4.78, 5) is 0. The van der Waals surface area contributed by atoms with Crippen LogP contribution in [0.15, 0.2) is 36.4 Å². The molecule has 0 aliphatic rings. The van der Waals surface area contributed by atoms with Gasteiger partial charge in [0.2, 0.25) is 0 Å². The minimum atomic E-state index is 0.487. The SMILES string of the molecule is Cc1ccc(C)c(OCc2cccc(C#N)c2)c1C. The molecule has 0 heterocycles. The van der Waals surface area contributed by atoms with Crippen LogP contribution in [0.1, 0.15) is 27.8 Å². The van der Waals surface area contributed by atoms with Crippen LogP contribution in [0.4, 0.5) is 0 Å². The molecule has 0 saturated heterocycles. The molecule has 0 radical (unpaired) electrons. The van der Waals surface area contributed by atoms with Gasteiger partial charge in [-0.15, -0.1) is 0 Å². The first kappa shape index (κ1) is 13.2. The largest absolute Gasteiger partial charge is 0.488 e. The molecule has 0 aromatic heterocycles. The van der Waals surface area contributed by atoms with E-state index in [9.17, 15) is 0 Å². The number of nitriles is 1. The van der Waals surface area contributed by atoms with Gasteiger partial charge in [0.05, 0.1) is 11.6 Å². The lowest BCUT2D eigenvalue weighted by molar-refractivity contribution is 0.301. The maximum atomic E-state index is 8.88. The Morgan fingerprint density at radius 1 is 1.05 bits per heavy atom. The predicted octanol–water partition coefficient (Wildman–Crippen LogP) is 4.06. The Balaban J connectivity index is 2.19. The van der Waals surface area contributed by atoms with Gasteiger partial charge >= 0.3 is 0 Å². The fraction of sp³-hybridized carbons (Fsp3) is 0.235. The Morgan fingerprint density at radius 3 is 2.53 bits per heavy atom. The second-order valence-corrected chi connectivity index (χ2v) is 4.75. The molecular weight excluding hydrogens is 234 g/mol. The molecule has 2 nitrogen and oxygen atoms in total. The summed E-state index contributed by atoms with van der Waals surface area (Å²) >= 11 is 0. The van der Waals surface area contributed by atoms with Gasteiger partial charge in [-0.2, -0.15) is 5.26 Å². The number of aryl methyl sites for hydroxylation is 2. The Morgan fingerprint density at radius 2 is 1.79 bits per heavy atom. The van der Waals surface area contributed by atoms with Crippen LogP contribution in [-0.2, 0) is 6.61 Å². The molecular formula is C17H17NO. The molecule has 0 N–H and O–H groups in total. The lowest BCUT2D eigenvalue weighted by atomic mass is 10.1. The summed E-state index contributed by atoms with van der Waals surface area (Å²) in [6.45, 7) is 6.69. The minimum Gasteiger partial charge on any atom is -0.488 e. The van der Waals surface area contributed by atoms with Crippen LogP contribution in [0.3, 0.4) is 0 Å². The summed E-state index contributed by atoms with van der Waals surface area (Å²) < 4.78 is 5.92. The standard InChI is InChI=1S/C17H17NO/c1-12-7-8-13(2)17(14(12)3)19-11-16-6-4-5-15(9-16)10-18/h4-9H,11H2,1-3H3. The smallest absolute Gasteiger partial charge is 0.125 e. The van der Waals surface area contributed by atoms with Crippen LogP contribution in [0.25, 0.3) is 0 Å². The van der Waals surface area contributed by atoms with Crippen LogP contribution < -0.4 is 4.74 Å². The van der Waals surface area contributed by atoms with E-state index in [0.29, 0.717) is 12.2 Å². The molecule has 96 valence electrons. The Kier molecular flexibility index (Phi) is 3.87. The quantitative estimate of drug-likeness (QED) is 0.824. The summed E-state index contributed by atoms with van der Waals surface area (Å²) in [6, 6.07) is 13.8. The molecule has 0 atom stereocenters. The molecule has 0 bridgehead atoms. The van der Waals surface area contributed by atoms with E-state index in [1.54, 1.807) is 6.07 Å². The zero-order valence-electron chi connectivity index (χ0n) is 11.5. The predicted molar refractivity (Wildman–Crippen MR) is 76.1 cm³/mol. The van der Waals surface area contributed by atoms with E-state index in [1.165, 1.54) is 11.1 Å². The van der Waals surface area contributed by atoms with Crippen molar-refractivity contribution in [3.63, 3.8) is 0 Å². The summed E-state index contributed by atoms with van der Waals surface area (Å²) in [5, 5.41) is 8.88. The van der Waals surface area contributed by atoms with Gasteiger partial charge in [0.1, 0.15) is 12.4 Å². The third-order valence-corrected chi connectivity index (χ3v) is 3.31. The van der Waals surface area contributed by atoms with Gasteiger partial charge in [-0.3, -0.25) is 0 Å². The number of rotatable bonds is 3. The number of benzene rings is 2. The van der Waals surface area contributed by atoms with E-state index in [-0.39, 0.29) is 0 Å². The van der Waals surface area contributed by atoms with Gasteiger partial charge in [-0.05, 0) is 55.2 Å². The number of nitrogens with zero attached hydrogens (tertiary/aromatic N) is 1. The molecule has 2 rings (SSSR count). The number of ether oxygens (including phenoxy) is 1. The van der Waals surface area contributed by atoms with Crippen LogP contribution in [0.2, 0.25) is 0 Å². The van der Waals surface area contributed by atoms with E-state index in [1.807, 2.05) is 25.1 Å². The summed E-state index contributed by atoms with van der Waals surface area (Å²) in [6.07, 6.45) is 0. The van der Waals surface area contributed by atoms with Crippen LogP contribution in [0, 0.1) is 32.1 Å². The van der Waals surface area contributed by atoms with Gasteiger partial charge in [0.15, 0.2) is 0 Å². The van der Waals surface area contributed by atoms with Crippen molar-refractivity contribution in [3.05, 3.63) is 64.2 Å². The maximum absolute atomic E-state index is 8.88. The first-order chi connectivity index (χ1) is 9.11. The minimum absolute atomic E-state index is 0.487. The average Bonchev–Trinajstić information content (AvgIpc) is 2.43. The fourth-order valence-electron chi connectivity index (χ4n) is 2.03. The van der Waals surface area contributed by atoms with Crippen LogP contribution in [0.5, 0.6) is 5.75 Å². The van der Waals surface area contributed by atoms with E-state index in [2.05, 4.69) is 32.0 Å². The van der Waals surface area contributed by atoms with Crippen molar-refractivity contribution in [2.75, 3.05) is 0 Å². The van der Waals surface area contributed by atoms with Crippen molar-refractivity contribution < 1.29 is 4.74 Å². The molecule has 2 aromatic rings. The molecule has 0 fully saturated rings. The van der Waals surface area contributed by atoms with E-state index in [4.69, 9.17) is 10.00 Å². The summed E-state index contributed by atoms with van der Waals surface area (Å²) in [7, 11) is 0. The Hall–Kier alpha value is -2.27. The van der Waals surface area contributed by atoms with Crippen molar-refractivity contribution >= 4 is 0 Å². The van der Waals surface area contributed by atoms with Crippen molar-refractivity contribution in [3.8, 4) is 11.8 Å². The lowest BCUT2D eigenvalue weighted by Gasteiger charge is -2.14. The molecule has 19 heavy (non-hydrogen) atoms. The lowest BCUT2D eigenvalue weighted by Crippen LogP contribution is -2.00. The van der Waals surface area contributed by atoms with Crippen LogP contribution >= 0.6 is 0 Å². The molecule has 0 unspecified atom stereocenters. The average molecular weight is 251 g/mol. The van der Waals surface area contributed by atoms with E-state index >= 15 is 0 Å². The van der Waals surface area contributed by atoms with Crippen molar-refractivity contribution in [2.24, 2.45) is 0 Å². The van der Waals surface area contributed by atoms with Crippen molar-refractivity contribution in [2.45, 2.75) is 27.4 Å². The first-order valence-corrected chi connectivity index (χ1v) is 6.30. The molecule has 0 aliphatic carbocycles. The topological polar surface area (TPSA) is 33.0 Å². The van der Waals surface area contributed by atoms with Gasteiger partial charge in [-0.25, -0.2) is 0 Å². The monoisotopic (exact) mass is 251 g/mol. The fourth-order valence-corrected chi connectivity index (χ4v) is 2.03. The molecule has 2 aromatic carbocycles. The van der Waals surface area contributed by atoms with Gasteiger partial charge < -0.3 is 4.74 Å². The molecule has 0 saturated carbocycles. The highest BCUT2D eigenvalue weighted by Gasteiger charge is 2.06. The third-order valence-electron chi connectivity index (χ3n) is 3.31. The number of hydrogen-bond donors (Lipinski definition) is 0. The zero-order valence-corrected chi connectivity index (χ0v) is 11.5.